The summed E-state index contributed by atoms with van der Waals surface area (Å²) in [6.07, 6.45) is 7.77. The fraction of sp³-hybridized carbons (Fsp3) is 0.440. The molecule has 1 amide bonds. The largest absolute Gasteiger partial charge is 0.497 e. The van der Waals surface area contributed by atoms with Crippen LogP contribution < -0.4 is 10.1 Å². The lowest BCUT2D eigenvalue weighted by Crippen LogP contribution is -2.24. The molecule has 3 rings (SSSR count). The van der Waals surface area contributed by atoms with Crippen molar-refractivity contribution in [3.63, 3.8) is 0 Å². The van der Waals surface area contributed by atoms with Gasteiger partial charge in [0.25, 0.3) is 5.91 Å². The van der Waals surface area contributed by atoms with Gasteiger partial charge in [-0.1, -0.05) is 38.3 Å². The maximum atomic E-state index is 12.2. The highest BCUT2D eigenvalue weighted by molar-refractivity contribution is 5.94. The summed E-state index contributed by atoms with van der Waals surface area (Å²) in [5.41, 5.74) is 3.00. The van der Waals surface area contributed by atoms with Gasteiger partial charge in [0.1, 0.15) is 11.6 Å². The third-order valence-corrected chi connectivity index (χ3v) is 5.43. The highest BCUT2D eigenvalue weighted by atomic mass is 16.5. The molecule has 160 valence electrons. The minimum atomic E-state index is -0.0321. The van der Waals surface area contributed by atoms with E-state index in [0.29, 0.717) is 12.1 Å². The van der Waals surface area contributed by atoms with Crippen LogP contribution in [0.15, 0.2) is 48.5 Å². The molecule has 0 atom stereocenters. The van der Waals surface area contributed by atoms with Crippen LogP contribution in [0.25, 0.3) is 11.0 Å². The van der Waals surface area contributed by atoms with Gasteiger partial charge in [-0.25, -0.2) is 4.98 Å². The average Bonchev–Trinajstić information content (AvgIpc) is 3.13. The molecule has 5 heteroatoms. The average molecular weight is 408 g/mol. The lowest BCUT2D eigenvalue weighted by atomic mass is 10.1. The first-order valence-electron chi connectivity index (χ1n) is 11.1. The number of aromatic nitrogens is 2. The lowest BCUT2D eigenvalue weighted by molar-refractivity contribution is 0.0953. The normalized spacial score (nSPS) is 11.0. The van der Waals surface area contributed by atoms with Gasteiger partial charge in [0.05, 0.1) is 18.1 Å². The highest BCUT2D eigenvalue weighted by Gasteiger charge is 2.10. The fourth-order valence-corrected chi connectivity index (χ4v) is 3.72. The van der Waals surface area contributed by atoms with E-state index in [9.17, 15) is 4.79 Å². The molecule has 0 aliphatic rings. The van der Waals surface area contributed by atoms with Crippen LogP contribution in [0.3, 0.4) is 0 Å². The molecule has 5 nitrogen and oxygen atoms in total. The van der Waals surface area contributed by atoms with Gasteiger partial charge in [0, 0.05) is 25.1 Å². The molecule has 0 saturated heterocycles. The number of amides is 1. The Labute approximate surface area is 179 Å². The zero-order valence-corrected chi connectivity index (χ0v) is 18.2. The van der Waals surface area contributed by atoms with Crippen LogP contribution in [-0.2, 0) is 13.0 Å². The summed E-state index contributed by atoms with van der Waals surface area (Å²) in [4.78, 5) is 17.1. The fourth-order valence-electron chi connectivity index (χ4n) is 3.72. The minimum Gasteiger partial charge on any atom is -0.497 e. The Balaban J connectivity index is 1.44. The Morgan fingerprint density at radius 1 is 1.00 bits per heavy atom. The van der Waals surface area contributed by atoms with E-state index in [1.807, 2.05) is 12.1 Å². The van der Waals surface area contributed by atoms with E-state index < -0.39 is 0 Å². The number of hydrogen-bond acceptors (Lipinski definition) is 3. The maximum Gasteiger partial charge on any atom is 0.251 e. The molecule has 0 aliphatic heterocycles. The van der Waals surface area contributed by atoms with Gasteiger partial charge in [-0.3, -0.25) is 4.79 Å². The molecule has 0 aliphatic carbocycles. The summed E-state index contributed by atoms with van der Waals surface area (Å²) in [6, 6.07) is 15.6. The van der Waals surface area contributed by atoms with Crippen molar-refractivity contribution in [1.82, 2.24) is 14.9 Å². The van der Waals surface area contributed by atoms with Crippen molar-refractivity contribution >= 4 is 16.9 Å². The summed E-state index contributed by atoms with van der Waals surface area (Å²) >= 11 is 0. The van der Waals surface area contributed by atoms with Gasteiger partial charge in [0.2, 0.25) is 0 Å². The number of hydrogen-bond donors (Lipinski definition) is 1. The molecule has 0 bridgehead atoms. The predicted molar refractivity (Wildman–Crippen MR) is 122 cm³/mol. The number of unbranched alkanes of at least 4 members (excludes halogenated alkanes) is 4. The van der Waals surface area contributed by atoms with Crippen LogP contribution in [-0.4, -0.2) is 29.1 Å². The predicted octanol–water partition coefficient (Wildman–Crippen LogP) is 5.38. The summed E-state index contributed by atoms with van der Waals surface area (Å²) < 4.78 is 7.53. The van der Waals surface area contributed by atoms with E-state index in [0.717, 1.165) is 43.5 Å². The van der Waals surface area contributed by atoms with E-state index in [-0.39, 0.29) is 5.91 Å². The molecule has 0 fully saturated rings. The number of rotatable bonds is 12. The van der Waals surface area contributed by atoms with Crippen LogP contribution >= 0.6 is 0 Å². The maximum absolute atomic E-state index is 12.2. The number of aryl methyl sites for hydroxylation is 2. The van der Waals surface area contributed by atoms with E-state index >= 15 is 0 Å². The highest BCUT2D eigenvalue weighted by Crippen LogP contribution is 2.19. The number of fused-ring (bicyclic) bond motifs is 1. The van der Waals surface area contributed by atoms with Crippen molar-refractivity contribution in [3.8, 4) is 5.75 Å². The molecule has 3 aromatic rings. The second-order valence-electron chi connectivity index (χ2n) is 7.67. The summed E-state index contributed by atoms with van der Waals surface area (Å²) in [5.74, 6) is 1.91. The number of imidazole rings is 1. The molecule has 0 spiro atoms. The molecule has 30 heavy (non-hydrogen) atoms. The van der Waals surface area contributed by atoms with Crippen molar-refractivity contribution in [2.45, 2.75) is 58.4 Å². The minimum absolute atomic E-state index is 0.0321. The van der Waals surface area contributed by atoms with Crippen LogP contribution in [0.1, 0.15) is 61.6 Å². The third kappa shape index (κ3) is 5.85. The molecule has 0 unspecified atom stereocenters. The van der Waals surface area contributed by atoms with E-state index in [2.05, 4.69) is 41.1 Å². The molecule has 1 N–H and O–H groups in total. The Bertz CT molecular complexity index is 931. The molecule has 1 aromatic heterocycles. The first-order valence-corrected chi connectivity index (χ1v) is 11.1. The molecule has 0 radical (unpaired) electrons. The molecular formula is C25H33N3O2. The quantitative estimate of drug-likeness (QED) is 0.410. The smallest absolute Gasteiger partial charge is 0.251 e. The Morgan fingerprint density at radius 3 is 2.57 bits per heavy atom. The summed E-state index contributed by atoms with van der Waals surface area (Å²) in [7, 11) is 1.62. The standard InChI is InChI=1S/C25H33N3O2/c1-3-4-10-19-28-23-12-8-7-11-22(23)27-24(28)13-6-5-9-18-26-25(29)20-14-16-21(30-2)17-15-20/h7-8,11-12,14-17H,3-6,9-10,13,18-19H2,1-2H3,(H,26,29). The number of carbonyl (C=O) groups is 1. The Kier molecular flexibility index (Phi) is 8.30. The molecular weight excluding hydrogens is 374 g/mol. The second kappa shape index (κ2) is 11.4. The molecule has 0 saturated carbocycles. The lowest BCUT2D eigenvalue weighted by Gasteiger charge is -2.09. The van der Waals surface area contributed by atoms with E-state index in [1.165, 1.54) is 30.6 Å². The molecule has 1 heterocycles. The van der Waals surface area contributed by atoms with E-state index in [1.54, 1.807) is 19.2 Å². The van der Waals surface area contributed by atoms with Crippen LogP contribution in [0.5, 0.6) is 5.75 Å². The van der Waals surface area contributed by atoms with Crippen molar-refractivity contribution in [2.75, 3.05) is 13.7 Å². The monoisotopic (exact) mass is 407 g/mol. The molecule has 2 aromatic carbocycles. The Morgan fingerprint density at radius 2 is 1.80 bits per heavy atom. The first-order chi connectivity index (χ1) is 14.7. The topological polar surface area (TPSA) is 56.2 Å². The van der Waals surface area contributed by atoms with Crippen LogP contribution in [0.4, 0.5) is 0 Å². The van der Waals surface area contributed by atoms with Gasteiger partial charge in [0.15, 0.2) is 0 Å². The SMILES string of the molecule is CCCCCn1c(CCCCCNC(=O)c2ccc(OC)cc2)nc2ccccc21. The van der Waals surface area contributed by atoms with Crippen LogP contribution in [0.2, 0.25) is 0 Å². The number of nitrogens with zero attached hydrogens (tertiary/aromatic N) is 2. The van der Waals surface area contributed by atoms with Gasteiger partial charge >= 0.3 is 0 Å². The number of ether oxygens (including phenoxy) is 1. The van der Waals surface area contributed by atoms with Crippen LogP contribution in [0, 0.1) is 0 Å². The summed E-state index contributed by atoms with van der Waals surface area (Å²) in [6.45, 7) is 3.97. The van der Waals surface area contributed by atoms with Crippen molar-refractivity contribution in [3.05, 3.63) is 59.9 Å². The van der Waals surface area contributed by atoms with Crippen molar-refractivity contribution in [2.24, 2.45) is 0 Å². The number of methoxy groups -OCH3 is 1. The number of para-hydroxylation sites is 2. The first kappa shape index (κ1) is 21.9. The zero-order valence-electron chi connectivity index (χ0n) is 18.2. The summed E-state index contributed by atoms with van der Waals surface area (Å²) in [5, 5.41) is 3.00. The number of benzene rings is 2. The van der Waals surface area contributed by atoms with Gasteiger partial charge in [-0.05, 0) is 55.7 Å². The third-order valence-electron chi connectivity index (χ3n) is 5.43. The Hall–Kier alpha value is -2.82. The zero-order chi connectivity index (χ0) is 21.2. The van der Waals surface area contributed by atoms with Gasteiger partial charge in [-0.15, -0.1) is 0 Å². The van der Waals surface area contributed by atoms with E-state index in [4.69, 9.17) is 9.72 Å². The van der Waals surface area contributed by atoms with Gasteiger partial charge < -0.3 is 14.6 Å². The van der Waals surface area contributed by atoms with Crippen molar-refractivity contribution in [1.29, 1.82) is 0 Å². The van der Waals surface area contributed by atoms with Gasteiger partial charge in [-0.2, -0.15) is 0 Å². The second-order valence-corrected chi connectivity index (χ2v) is 7.67. The number of nitrogens with one attached hydrogen (secondary N) is 1. The van der Waals surface area contributed by atoms with Crippen molar-refractivity contribution < 1.29 is 9.53 Å². The number of carbonyl (C=O) groups excluding carboxylic acids is 1.